The quantitative estimate of drug-likeness (QED) is 0.817. The van der Waals surface area contributed by atoms with Gasteiger partial charge in [-0.05, 0) is 18.4 Å². The molecule has 0 radical (unpaired) electrons. The van der Waals surface area contributed by atoms with Crippen LogP contribution in [0.1, 0.15) is 11.8 Å². The highest BCUT2D eigenvalue weighted by Crippen LogP contribution is 2.11. The zero-order chi connectivity index (χ0) is 13.0. The first kappa shape index (κ1) is 13.2. The fourth-order valence-electron chi connectivity index (χ4n) is 2.14. The van der Waals surface area contributed by atoms with Crippen molar-refractivity contribution < 1.29 is 9.59 Å². The third-order valence-corrected chi connectivity index (χ3v) is 3.95. The fourth-order valence-corrected chi connectivity index (χ4v) is 2.84. The fraction of sp³-hybridized carbons (Fsp3) is 0.538. The van der Waals surface area contributed by atoms with Crippen LogP contribution in [0.2, 0.25) is 0 Å². The Bertz CT molecular complexity index is 409. The third-order valence-electron chi connectivity index (χ3n) is 3.08. The molecule has 1 aliphatic rings. The molecule has 1 amide bonds. The van der Waals surface area contributed by atoms with Gasteiger partial charge in [0.25, 0.3) is 0 Å². The van der Waals surface area contributed by atoms with Gasteiger partial charge in [0.1, 0.15) is 5.78 Å². The number of amides is 1. The molecular formula is C13H18N2O2S. The van der Waals surface area contributed by atoms with Gasteiger partial charge in [-0.2, -0.15) is 0 Å². The molecule has 1 aromatic rings. The normalized spacial score (nSPS) is 16.8. The average Bonchev–Trinajstić information content (AvgIpc) is 2.82. The summed E-state index contributed by atoms with van der Waals surface area (Å²) in [5.74, 6) is 0.383. The Balaban J connectivity index is 1.79. The Kier molecular flexibility index (Phi) is 4.49. The summed E-state index contributed by atoms with van der Waals surface area (Å²) in [4.78, 5) is 28.2. The number of hydrogen-bond acceptors (Lipinski definition) is 4. The standard InChI is InChI=1S/C13H18N2O2S/c1-11(16)10-14-4-6-15(7-5-14)13(17)9-12-3-2-8-18-12/h2-3,8H,4-7,9-10H2,1H3. The van der Waals surface area contributed by atoms with Gasteiger partial charge in [0, 0.05) is 31.1 Å². The average molecular weight is 266 g/mol. The predicted molar refractivity (Wildman–Crippen MR) is 71.7 cm³/mol. The zero-order valence-electron chi connectivity index (χ0n) is 10.6. The molecular weight excluding hydrogens is 248 g/mol. The van der Waals surface area contributed by atoms with E-state index in [9.17, 15) is 9.59 Å². The minimum Gasteiger partial charge on any atom is -0.340 e. The lowest BCUT2D eigenvalue weighted by Gasteiger charge is -2.34. The second-order valence-corrected chi connectivity index (χ2v) is 5.65. The molecule has 1 saturated heterocycles. The second kappa shape index (κ2) is 6.11. The lowest BCUT2D eigenvalue weighted by molar-refractivity contribution is -0.132. The minimum atomic E-state index is 0.188. The molecule has 1 aliphatic heterocycles. The molecule has 1 aromatic heterocycles. The zero-order valence-corrected chi connectivity index (χ0v) is 11.4. The molecule has 0 aromatic carbocycles. The van der Waals surface area contributed by atoms with E-state index in [0.29, 0.717) is 13.0 Å². The number of carbonyl (C=O) groups excluding carboxylic acids is 2. The first-order valence-electron chi connectivity index (χ1n) is 6.17. The number of carbonyl (C=O) groups is 2. The van der Waals surface area contributed by atoms with Crippen LogP contribution in [0.5, 0.6) is 0 Å². The van der Waals surface area contributed by atoms with Crippen LogP contribution in [-0.4, -0.2) is 54.2 Å². The lowest BCUT2D eigenvalue weighted by Crippen LogP contribution is -2.50. The van der Waals surface area contributed by atoms with E-state index in [2.05, 4.69) is 4.90 Å². The van der Waals surface area contributed by atoms with E-state index in [4.69, 9.17) is 0 Å². The summed E-state index contributed by atoms with van der Waals surface area (Å²) in [6, 6.07) is 3.96. The second-order valence-electron chi connectivity index (χ2n) is 4.62. The Morgan fingerprint density at radius 2 is 2.00 bits per heavy atom. The monoisotopic (exact) mass is 266 g/mol. The van der Waals surface area contributed by atoms with Gasteiger partial charge >= 0.3 is 0 Å². The summed E-state index contributed by atoms with van der Waals surface area (Å²) in [5.41, 5.74) is 0. The van der Waals surface area contributed by atoms with Crippen molar-refractivity contribution in [2.45, 2.75) is 13.3 Å². The van der Waals surface area contributed by atoms with Crippen molar-refractivity contribution in [2.24, 2.45) is 0 Å². The van der Waals surface area contributed by atoms with Crippen molar-refractivity contribution in [1.29, 1.82) is 0 Å². The van der Waals surface area contributed by atoms with Crippen molar-refractivity contribution >= 4 is 23.0 Å². The first-order chi connectivity index (χ1) is 8.65. The molecule has 1 fully saturated rings. The maximum Gasteiger partial charge on any atom is 0.227 e. The summed E-state index contributed by atoms with van der Waals surface area (Å²) in [6.07, 6.45) is 0.504. The van der Waals surface area contributed by atoms with Gasteiger partial charge in [-0.25, -0.2) is 0 Å². The summed E-state index contributed by atoms with van der Waals surface area (Å²) in [5, 5.41) is 1.99. The topological polar surface area (TPSA) is 40.6 Å². The van der Waals surface area contributed by atoms with Crippen molar-refractivity contribution in [2.75, 3.05) is 32.7 Å². The molecule has 0 unspecified atom stereocenters. The van der Waals surface area contributed by atoms with Gasteiger partial charge in [-0.15, -0.1) is 11.3 Å². The molecule has 5 heteroatoms. The van der Waals surface area contributed by atoms with Gasteiger partial charge in [-0.1, -0.05) is 6.07 Å². The molecule has 0 N–H and O–H groups in total. The van der Waals surface area contributed by atoms with Crippen LogP contribution < -0.4 is 0 Å². The summed E-state index contributed by atoms with van der Waals surface area (Å²) in [7, 11) is 0. The smallest absolute Gasteiger partial charge is 0.227 e. The number of hydrogen-bond donors (Lipinski definition) is 0. The molecule has 0 spiro atoms. The Hall–Kier alpha value is -1.20. The van der Waals surface area contributed by atoms with Crippen molar-refractivity contribution in [3.63, 3.8) is 0 Å². The maximum absolute atomic E-state index is 12.0. The van der Waals surface area contributed by atoms with Crippen molar-refractivity contribution in [1.82, 2.24) is 9.80 Å². The van der Waals surface area contributed by atoms with Crippen LogP contribution in [0.4, 0.5) is 0 Å². The van der Waals surface area contributed by atoms with E-state index in [-0.39, 0.29) is 11.7 Å². The number of nitrogens with zero attached hydrogens (tertiary/aromatic N) is 2. The molecule has 2 heterocycles. The molecule has 2 rings (SSSR count). The lowest BCUT2D eigenvalue weighted by atomic mass is 10.2. The van der Waals surface area contributed by atoms with E-state index in [0.717, 1.165) is 31.1 Å². The minimum absolute atomic E-state index is 0.188. The number of Topliss-reactive ketones (excluding diaryl/α,β-unsaturated/α-hetero) is 1. The van der Waals surface area contributed by atoms with Crippen LogP contribution in [0.15, 0.2) is 17.5 Å². The largest absolute Gasteiger partial charge is 0.340 e. The molecule has 4 nitrogen and oxygen atoms in total. The Morgan fingerprint density at radius 3 is 2.56 bits per heavy atom. The Morgan fingerprint density at radius 1 is 1.28 bits per heavy atom. The van der Waals surface area contributed by atoms with Crippen molar-refractivity contribution in [3.8, 4) is 0 Å². The van der Waals surface area contributed by atoms with Gasteiger partial charge in [0.05, 0.1) is 13.0 Å². The highest BCUT2D eigenvalue weighted by molar-refractivity contribution is 7.10. The first-order valence-corrected chi connectivity index (χ1v) is 7.05. The van der Waals surface area contributed by atoms with Gasteiger partial charge in [0.15, 0.2) is 0 Å². The van der Waals surface area contributed by atoms with Crippen molar-refractivity contribution in [3.05, 3.63) is 22.4 Å². The highest BCUT2D eigenvalue weighted by atomic mass is 32.1. The van der Waals surface area contributed by atoms with Crippen LogP contribution in [0, 0.1) is 0 Å². The molecule has 0 aliphatic carbocycles. The van der Waals surface area contributed by atoms with E-state index in [1.807, 2.05) is 22.4 Å². The highest BCUT2D eigenvalue weighted by Gasteiger charge is 2.21. The molecule has 0 saturated carbocycles. The van der Waals surface area contributed by atoms with Gasteiger partial charge in [0.2, 0.25) is 5.91 Å². The van der Waals surface area contributed by atoms with E-state index >= 15 is 0 Å². The molecule has 18 heavy (non-hydrogen) atoms. The number of rotatable bonds is 4. The van der Waals surface area contributed by atoms with Crippen LogP contribution >= 0.6 is 11.3 Å². The molecule has 98 valence electrons. The van der Waals surface area contributed by atoms with Gasteiger partial charge in [-0.3, -0.25) is 14.5 Å². The summed E-state index contributed by atoms with van der Waals surface area (Å²) < 4.78 is 0. The van der Waals surface area contributed by atoms with Crippen LogP contribution in [0.25, 0.3) is 0 Å². The maximum atomic E-state index is 12.0. The summed E-state index contributed by atoms with van der Waals surface area (Å²) >= 11 is 1.62. The third kappa shape index (κ3) is 3.65. The van der Waals surface area contributed by atoms with Crippen LogP contribution in [-0.2, 0) is 16.0 Å². The van der Waals surface area contributed by atoms with Crippen LogP contribution in [0.3, 0.4) is 0 Å². The number of piperazine rings is 1. The van der Waals surface area contributed by atoms with Gasteiger partial charge < -0.3 is 4.90 Å². The number of thiophene rings is 1. The Labute approximate surface area is 111 Å². The van der Waals surface area contributed by atoms with E-state index in [1.165, 1.54) is 0 Å². The van der Waals surface area contributed by atoms with E-state index in [1.54, 1.807) is 18.3 Å². The number of ketones is 1. The SMILES string of the molecule is CC(=O)CN1CCN(C(=O)Cc2cccs2)CC1. The summed E-state index contributed by atoms with van der Waals surface area (Å²) in [6.45, 7) is 5.18. The van der Waals surface area contributed by atoms with E-state index < -0.39 is 0 Å². The molecule has 0 atom stereocenters. The molecule has 0 bridgehead atoms. The predicted octanol–water partition coefficient (Wildman–Crippen LogP) is 1.02.